The highest BCUT2D eigenvalue weighted by Crippen LogP contribution is 2.34. The molecule has 0 aromatic heterocycles. The molecule has 0 unspecified atom stereocenters. The first-order valence-electron chi connectivity index (χ1n) is 8.97. The van der Waals surface area contributed by atoms with Gasteiger partial charge in [-0.05, 0) is 31.2 Å². The summed E-state index contributed by atoms with van der Waals surface area (Å²) in [5, 5.41) is 3.28. The third-order valence-electron chi connectivity index (χ3n) is 5.41. The summed E-state index contributed by atoms with van der Waals surface area (Å²) in [7, 11) is -1.03. The molecule has 1 N–H and O–H groups in total. The topological polar surface area (TPSA) is 55.4 Å². The number of amides is 1. The number of benzene rings is 1. The Morgan fingerprint density at radius 2 is 1.83 bits per heavy atom. The fourth-order valence-electron chi connectivity index (χ4n) is 3.84. The zero-order chi connectivity index (χ0) is 16.8. The summed E-state index contributed by atoms with van der Waals surface area (Å²) in [5.41, 5.74) is 1.19. The van der Waals surface area contributed by atoms with Crippen molar-refractivity contribution in [2.75, 3.05) is 25.5 Å². The highest BCUT2D eigenvalue weighted by atomic mass is 32.2. The summed E-state index contributed by atoms with van der Waals surface area (Å²) in [6.45, 7) is 2.04. The minimum Gasteiger partial charge on any atom is -0.381 e. The fourth-order valence-corrected chi connectivity index (χ4v) is 5.29. The van der Waals surface area contributed by atoms with Crippen molar-refractivity contribution in [1.82, 2.24) is 5.32 Å². The number of rotatable bonds is 6. The number of hydrogen-bond acceptors (Lipinski definition) is 3. The van der Waals surface area contributed by atoms with E-state index in [2.05, 4.69) is 17.4 Å². The molecule has 0 radical (unpaired) electrons. The Kier molecular flexibility index (Phi) is 6.06. The van der Waals surface area contributed by atoms with Gasteiger partial charge in [-0.1, -0.05) is 43.2 Å². The van der Waals surface area contributed by atoms with Crippen LogP contribution in [0, 0.1) is 0 Å². The van der Waals surface area contributed by atoms with Crippen LogP contribution in [-0.2, 0) is 25.7 Å². The predicted octanol–water partition coefficient (Wildman–Crippen LogP) is 2.54. The molecule has 2 aliphatic rings. The van der Waals surface area contributed by atoms with E-state index in [-0.39, 0.29) is 22.3 Å². The van der Waals surface area contributed by atoms with E-state index in [1.165, 1.54) is 5.56 Å². The monoisotopic (exact) mass is 349 g/mol. The predicted molar refractivity (Wildman–Crippen MR) is 96.4 cm³/mol. The van der Waals surface area contributed by atoms with Crippen molar-refractivity contribution in [2.45, 2.75) is 49.2 Å². The van der Waals surface area contributed by atoms with Crippen LogP contribution in [0.1, 0.15) is 44.1 Å². The lowest BCUT2D eigenvalue weighted by molar-refractivity contribution is -0.119. The van der Waals surface area contributed by atoms with Crippen molar-refractivity contribution in [3.8, 4) is 0 Å². The molecule has 1 heterocycles. The van der Waals surface area contributed by atoms with E-state index in [4.69, 9.17) is 4.74 Å². The number of carbonyl (C=O) groups is 1. The first kappa shape index (κ1) is 17.6. The van der Waals surface area contributed by atoms with Gasteiger partial charge in [-0.15, -0.1) is 0 Å². The molecule has 1 saturated carbocycles. The fraction of sp³-hybridized carbons (Fsp3) is 0.632. The van der Waals surface area contributed by atoms with Crippen molar-refractivity contribution in [1.29, 1.82) is 0 Å². The molecular formula is C19H27NO3S. The van der Waals surface area contributed by atoms with Crippen LogP contribution in [0.5, 0.6) is 0 Å². The molecule has 5 heteroatoms. The van der Waals surface area contributed by atoms with Gasteiger partial charge in [-0.3, -0.25) is 9.00 Å². The van der Waals surface area contributed by atoms with Gasteiger partial charge in [-0.2, -0.15) is 0 Å². The summed E-state index contributed by atoms with van der Waals surface area (Å²) in [5.74, 6) is 0.0634. The van der Waals surface area contributed by atoms with E-state index in [0.717, 1.165) is 51.7 Å². The van der Waals surface area contributed by atoms with Gasteiger partial charge >= 0.3 is 0 Å². The van der Waals surface area contributed by atoms with Gasteiger partial charge in [0.05, 0.1) is 0 Å². The van der Waals surface area contributed by atoms with E-state index < -0.39 is 10.8 Å². The number of nitrogens with one attached hydrogen (secondary N) is 1. The molecule has 1 aromatic carbocycles. The average molecular weight is 349 g/mol. The number of hydrogen-bond donors (Lipinski definition) is 1. The smallest absolute Gasteiger partial charge is 0.232 e. The Hall–Kier alpha value is -1.20. The van der Waals surface area contributed by atoms with E-state index in [1.807, 2.05) is 18.2 Å². The molecule has 0 bridgehead atoms. The van der Waals surface area contributed by atoms with Gasteiger partial charge in [0, 0.05) is 41.2 Å². The summed E-state index contributed by atoms with van der Waals surface area (Å²) in [4.78, 5) is 12.3. The summed E-state index contributed by atoms with van der Waals surface area (Å²) in [6, 6.07) is 10.4. The van der Waals surface area contributed by atoms with Crippen LogP contribution in [0.25, 0.3) is 0 Å². The highest BCUT2D eigenvalue weighted by molar-refractivity contribution is 7.86. The lowest BCUT2D eigenvalue weighted by Crippen LogP contribution is -2.45. The second kappa shape index (κ2) is 8.26. The minimum atomic E-state index is -1.03. The van der Waals surface area contributed by atoms with Crippen LogP contribution in [0.4, 0.5) is 0 Å². The molecular weight excluding hydrogens is 322 g/mol. The summed E-state index contributed by atoms with van der Waals surface area (Å²) in [6.07, 6.45) is 6.12. The second-order valence-corrected chi connectivity index (χ2v) is 8.68. The van der Waals surface area contributed by atoms with Gasteiger partial charge in [0.25, 0.3) is 0 Å². The second-order valence-electron chi connectivity index (χ2n) is 6.97. The maximum absolute atomic E-state index is 12.3. The Morgan fingerprint density at radius 1 is 1.17 bits per heavy atom. The molecule has 4 nitrogen and oxygen atoms in total. The van der Waals surface area contributed by atoms with Crippen molar-refractivity contribution < 1.29 is 13.7 Å². The van der Waals surface area contributed by atoms with Crippen molar-refractivity contribution >= 4 is 16.7 Å². The molecule has 1 atom stereocenters. The van der Waals surface area contributed by atoms with Crippen LogP contribution < -0.4 is 5.32 Å². The lowest BCUT2D eigenvalue weighted by atomic mass is 9.74. The van der Waals surface area contributed by atoms with E-state index in [1.54, 1.807) is 0 Å². The van der Waals surface area contributed by atoms with Gasteiger partial charge in [0.1, 0.15) is 5.75 Å². The molecule has 1 aromatic rings. The van der Waals surface area contributed by atoms with Crippen molar-refractivity contribution in [3.63, 3.8) is 0 Å². The number of carbonyl (C=O) groups excluding carboxylic acids is 1. The zero-order valence-corrected chi connectivity index (χ0v) is 15.0. The van der Waals surface area contributed by atoms with Crippen molar-refractivity contribution in [2.24, 2.45) is 0 Å². The van der Waals surface area contributed by atoms with Crippen molar-refractivity contribution in [3.05, 3.63) is 35.9 Å². The highest BCUT2D eigenvalue weighted by Gasteiger charge is 2.35. The molecule has 24 heavy (non-hydrogen) atoms. The number of ether oxygens (including phenoxy) is 1. The van der Waals surface area contributed by atoms with Gasteiger partial charge < -0.3 is 10.1 Å². The Morgan fingerprint density at radius 3 is 2.50 bits per heavy atom. The lowest BCUT2D eigenvalue weighted by Gasteiger charge is -2.38. The molecule has 3 rings (SSSR count). The quantitative estimate of drug-likeness (QED) is 0.859. The molecule has 1 aliphatic carbocycles. The largest absolute Gasteiger partial charge is 0.381 e. The van der Waals surface area contributed by atoms with Crippen LogP contribution >= 0.6 is 0 Å². The third kappa shape index (κ3) is 4.25. The minimum absolute atomic E-state index is 0.0655. The molecule has 1 amide bonds. The van der Waals surface area contributed by atoms with E-state index in [0.29, 0.717) is 6.54 Å². The molecule has 0 spiro atoms. The Bertz CT molecular complexity index is 563. The summed E-state index contributed by atoms with van der Waals surface area (Å²) >= 11 is 0. The molecule has 1 saturated heterocycles. The van der Waals surface area contributed by atoms with Gasteiger partial charge in [0.15, 0.2) is 0 Å². The van der Waals surface area contributed by atoms with Crippen LogP contribution in [0.2, 0.25) is 0 Å². The maximum atomic E-state index is 12.3. The Labute approximate surface area is 146 Å². The standard InChI is InChI=1S/C19H27NO3S/c21-18(14-24(22)17-8-4-5-9-17)20-15-19(10-12-23-13-11-19)16-6-2-1-3-7-16/h1-3,6-7,17H,4-5,8-15H2,(H,20,21)/t24-/m0/s1. The average Bonchev–Trinajstić information content (AvgIpc) is 3.16. The zero-order valence-electron chi connectivity index (χ0n) is 14.2. The Balaban J connectivity index is 1.59. The van der Waals surface area contributed by atoms with Gasteiger partial charge in [-0.25, -0.2) is 0 Å². The summed E-state index contributed by atoms with van der Waals surface area (Å²) < 4.78 is 17.8. The van der Waals surface area contributed by atoms with Crippen LogP contribution in [-0.4, -0.2) is 40.9 Å². The van der Waals surface area contributed by atoms with Crippen LogP contribution in [0.3, 0.4) is 0 Å². The maximum Gasteiger partial charge on any atom is 0.232 e. The molecule has 2 fully saturated rings. The first-order valence-corrected chi connectivity index (χ1v) is 10.3. The first-order chi connectivity index (χ1) is 11.7. The van der Waals surface area contributed by atoms with E-state index in [9.17, 15) is 9.00 Å². The van der Waals surface area contributed by atoms with Crippen LogP contribution in [0.15, 0.2) is 30.3 Å². The van der Waals surface area contributed by atoms with Gasteiger partial charge in [0.2, 0.25) is 5.91 Å². The third-order valence-corrected chi connectivity index (χ3v) is 7.17. The molecule has 1 aliphatic heterocycles. The molecule has 132 valence electrons. The SMILES string of the molecule is O=C(C[S@](=O)C1CCCC1)NCC1(c2ccccc2)CCOCC1. The normalized spacial score (nSPS) is 22.2. The van der Waals surface area contributed by atoms with E-state index >= 15 is 0 Å².